The number of fused-ring (bicyclic) bond motifs is 1. The number of nitro groups is 1. The maximum Gasteiger partial charge on any atom is 0.355 e. The van der Waals surface area contributed by atoms with Gasteiger partial charge in [-0.1, -0.05) is 6.07 Å². The number of ether oxygens (including phenoxy) is 1. The van der Waals surface area contributed by atoms with E-state index in [9.17, 15) is 24.5 Å². The maximum atomic E-state index is 12.7. The molecule has 2 heterocycles. The third kappa shape index (κ3) is 2.11. The third-order valence-electron chi connectivity index (χ3n) is 3.96. The van der Waals surface area contributed by atoms with Crippen molar-refractivity contribution in [1.29, 1.82) is 0 Å². The Kier molecular flexibility index (Phi) is 3.51. The fourth-order valence-corrected chi connectivity index (χ4v) is 2.75. The van der Waals surface area contributed by atoms with Gasteiger partial charge in [-0.2, -0.15) is 5.10 Å². The average molecular weight is 332 g/mol. The molecular formula is C14H12N4O6. The zero-order valence-corrected chi connectivity index (χ0v) is 12.7. The number of aryl methyl sites for hydroxylation is 1. The first-order chi connectivity index (χ1) is 11.4. The molecule has 2 amide bonds. The predicted molar refractivity (Wildman–Crippen MR) is 80.2 cm³/mol. The predicted octanol–water partition coefficient (Wildman–Crippen LogP) is -0.107. The Morgan fingerprint density at radius 1 is 1.38 bits per heavy atom. The van der Waals surface area contributed by atoms with Crippen LogP contribution in [0.5, 0.6) is 0 Å². The maximum absolute atomic E-state index is 12.7. The van der Waals surface area contributed by atoms with Crippen molar-refractivity contribution in [3.63, 3.8) is 0 Å². The van der Waals surface area contributed by atoms with Crippen LogP contribution in [0.15, 0.2) is 23.3 Å². The smallest absolute Gasteiger partial charge is 0.355 e. The molecule has 2 aliphatic heterocycles. The van der Waals surface area contributed by atoms with E-state index in [0.29, 0.717) is 5.56 Å². The fourth-order valence-electron chi connectivity index (χ4n) is 2.75. The first-order valence-corrected chi connectivity index (χ1v) is 6.91. The molecule has 1 aromatic carbocycles. The Morgan fingerprint density at radius 3 is 2.71 bits per heavy atom. The number of carbonyl (C=O) groups excluding carboxylic acids is 3. The normalized spacial score (nSPS) is 22.1. The number of nitro benzene ring substituents is 1. The molecule has 0 spiro atoms. The van der Waals surface area contributed by atoms with Crippen LogP contribution in [0.2, 0.25) is 0 Å². The number of benzene rings is 1. The summed E-state index contributed by atoms with van der Waals surface area (Å²) in [5, 5.41) is 14.6. The van der Waals surface area contributed by atoms with E-state index in [2.05, 4.69) is 15.3 Å². The van der Waals surface area contributed by atoms with E-state index in [4.69, 9.17) is 0 Å². The van der Waals surface area contributed by atoms with E-state index in [1.54, 1.807) is 6.92 Å². The lowest BCUT2D eigenvalue weighted by Gasteiger charge is -2.17. The SMILES string of the molecule is COC(=O)C1=NN[C@@H]2C(=O)N(c3cc([N+](=O)[O-])ccc3C)C(=O)[C@@H]12. The highest BCUT2D eigenvalue weighted by Crippen LogP contribution is 2.34. The van der Waals surface area contributed by atoms with Crippen LogP contribution in [0.4, 0.5) is 11.4 Å². The molecule has 1 saturated heterocycles. The number of hydrogen-bond acceptors (Lipinski definition) is 8. The summed E-state index contributed by atoms with van der Waals surface area (Å²) in [5.74, 6) is -3.23. The number of nitrogens with zero attached hydrogens (tertiary/aromatic N) is 3. The molecule has 24 heavy (non-hydrogen) atoms. The summed E-state index contributed by atoms with van der Waals surface area (Å²) in [7, 11) is 1.14. The van der Waals surface area contributed by atoms with Gasteiger partial charge in [0.2, 0.25) is 5.91 Å². The highest BCUT2D eigenvalue weighted by molar-refractivity contribution is 6.46. The molecule has 0 bridgehead atoms. The summed E-state index contributed by atoms with van der Waals surface area (Å²) >= 11 is 0. The molecule has 1 aromatic rings. The number of non-ortho nitro benzene ring substituents is 1. The molecule has 0 aromatic heterocycles. The van der Waals surface area contributed by atoms with Gasteiger partial charge in [-0.25, -0.2) is 9.69 Å². The van der Waals surface area contributed by atoms with Gasteiger partial charge in [-0.05, 0) is 12.5 Å². The van der Waals surface area contributed by atoms with E-state index < -0.39 is 34.7 Å². The number of hydrogen-bond donors (Lipinski definition) is 1. The Hall–Kier alpha value is -3.30. The van der Waals surface area contributed by atoms with Gasteiger partial charge in [0.05, 0.1) is 17.7 Å². The number of methoxy groups -OCH3 is 1. The number of imide groups is 1. The van der Waals surface area contributed by atoms with Crippen molar-refractivity contribution in [2.75, 3.05) is 12.0 Å². The van der Waals surface area contributed by atoms with Crippen LogP contribution in [-0.4, -0.2) is 41.6 Å². The number of amides is 2. The van der Waals surface area contributed by atoms with Crippen molar-refractivity contribution in [2.24, 2.45) is 11.0 Å². The minimum Gasteiger partial charge on any atom is -0.464 e. The second-order valence-corrected chi connectivity index (χ2v) is 5.31. The Labute approximate surface area is 135 Å². The summed E-state index contributed by atoms with van der Waals surface area (Å²) in [6.45, 7) is 1.62. The molecular weight excluding hydrogens is 320 g/mol. The van der Waals surface area contributed by atoms with Crippen LogP contribution in [0, 0.1) is 23.0 Å². The molecule has 3 rings (SSSR count). The van der Waals surface area contributed by atoms with E-state index in [1.807, 2.05) is 0 Å². The highest BCUT2D eigenvalue weighted by Gasteiger charge is 2.56. The first-order valence-electron chi connectivity index (χ1n) is 6.91. The second-order valence-electron chi connectivity index (χ2n) is 5.31. The topological polar surface area (TPSA) is 131 Å². The molecule has 0 unspecified atom stereocenters. The monoisotopic (exact) mass is 332 g/mol. The number of carbonyl (C=O) groups is 3. The van der Waals surface area contributed by atoms with Crippen molar-refractivity contribution in [1.82, 2.24) is 5.43 Å². The molecule has 1 fully saturated rings. The van der Waals surface area contributed by atoms with Gasteiger partial charge >= 0.3 is 5.97 Å². The van der Waals surface area contributed by atoms with E-state index in [-0.39, 0.29) is 17.1 Å². The second kappa shape index (κ2) is 5.41. The summed E-state index contributed by atoms with van der Waals surface area (Å²) < 4.78 is 4.56. The largest absolute Gasteiger partial charge is 0.464 e. The molecule has 10 nitrogen and oxygen atoms in total. The molecule has 10 heteroatoms. The molecule has 0 saturated carbocycles. The lowest BCUT2D eigenvalue weighted by molar-refractivity contribution is -0.384. The van der Waals surface area contributed by atoms with Gasteiger partial charge in [0.1, 0.15) is 12.0 Å². The summed E-state index contributed by atoms with van der Waals surface area (Å²) in [6.07, 6.45) is 0. The third-order valence-corrected chi connectivity index (χ3v) is 3.96. The molecule has 2 aliphatic rings. The van der Waals surface area contributed by atoms with Crippen molar-refractivity contribution in [3.05, 3.63) is 33.9 Å². The highest BCUT2D eigenvalue weighted by atomic mass is 16.6. The molecule has 0 aliphatic carbocycles. The summed E-state index contributed by atoms with van der Waals surface area (Å²) in [6, 6.07) is 2.86. The average Bonchev–Trinajstić information content (AvgIpc) is 3.09. The summed E-state index contributed by atoms with van der Waals surface area (Å²) in [4.78, 5) is 48.1. The number of anilines is 1. The van der Waals surface area contributed by atoms with Gasteiger partial charge in [0.25, 0.3) is 11.6 Å². The number of nitrogens with one attached hydrogen (secondary N) is 1. The van der Waals surface area contributed by atoms with Gasteiger partial charge in [0.15, 0.2) is 5.71 Å². The lowest BCUT2D eigenvalue weighted by atomic mass is 9.99. The molecule has 1 N–H and O–H groups in total. The van der Waals surface area contributed by atoms with Crippen molar-refractivity contribution in [2.45, 2.75) is 13.0 Å². The van der Waals surface area contributed by atoms with Crippen LogP contribution < -0.4 is 10.3 Å². The molecule has 0 radical (unpaired) electrons. The van der Waals surface area contributed by atoms with Crippen LogP contribution in [0.1, 0.15) is 5.56 Å². The van der Waals surface area contributed by atoms with E-state index in [0.717, 1.165) is 18.1 Å². The minimum atomic E-state index is -1.11. The van der Waals surface area contributed by atoms with Gasteiger partial charge in [-0.15, -0.1) is 0 Å². The van der Waals surface area contributed by atoms with Crippen molar-refractivity contribution >= 4 is 34.9 Å². The summed E-state index contributed by atoms with van der Waals surface area (Å²) in [5.41, 5.74) is 2.65. The van der Waals surface area contributed by atoms with Crippen molar-refractivity contribution < 1.29 is 24.0 Å². The molecule has 2 atom stereocenters. The Bertz CT molecular complexity index is 817. The van der Waals surface area contributed by atoms with Gasteiger partial charge in [-0.3, -0.25) is 25.1 Å². The fraction of sp³-hybridized carbons (Fsp3) is 0.286. The Balaban J connectivity index is 2.03. The van der Waals surface area contributed by atoms with Crippen LogP contribution in [-0.2, 0) is 19.1 Å². The lowest BCUT2D eigenvalue weighted by Crippen LogP contribution is -2.36. The van der Waals surface area contributed by atoms with Crippen LogP contribution in [0.25, 0.3) is 0 Å². The first kappa shape index (κ1) is 15.6. The Morgan fingerprint density at radius 2 is 2.08 bits per heavy atom. The standard InChI is InChI=1S/C14H12N4O6/c1-6-3-4-7(18(22)23)5-8(6)17-12(19)9-10(13(17)20)15-16-11(9)14(21)24-2/h3-5,9-10,15H,1-2H3/t9-,10+/m1/s1. The molecule has 124 valence electrons. The number of hydrazone groups is 1. The van der Waals surface area contributed by atoms with Crippen LogP contribution >= 0.6 is 0 Å². The van der Waals surface area contributed by atoms with Gasteiger partial charge < -0.3 is 4.74 Å². The quantitative estimate of drug-likeness (QED) is 0.353. The number of esters is 1. The van der Waals surface area contributed by atoms with E-state index >= 15 is 0 Å². The van der Waals surface area contributed by atoms with Crippen LogP contribution in [0.3, 0.4) is 0 Å². The van der Waals surface area contributed by atoms with E-state index in [1.165, 1.54) is 12.1 Å². The minimum absolute atomic E-state index is 0.111. The van der Waals surface area contributed by atoms with Gasteiger partial charge in [0, 0.05) is 12.1 Å². The number of rotatable bonds is 3. The zero-order chi connectivity index (χ0) is 17.6. The van der Waals surface area contributed by atoms with Crippen molar-refractivity contribution in [3.8, 4) is 0 Å². The zero-order valence-electron chi connectivity index (χ0n) is 12.7.